The van der Waals surface area contributed by atoms with E-state index in [9.17, 15) is 9.59 Å². The van der Waals surface area contributed by atoms with Crippen LogP contribution in [0.25, 0.3) is 0 Å². The van der Waals surface area contributed by atoms with E-state index in [0.717, 1.165) is 37.0 Å². The van der Waals surface area contributed by atoms with E-state index >= 15 is 0 Å². The van der Waals surface area contributed by atoms with Crippen LogP contribution in [0.2, 0.25) is 0 Å². The molecule has 1 aliphatic carbocycles. The first-order valence-corrected chi connectivity index (χ1v) is 10.0. The van der Waals surface area contributed by atoms with Gasteiger partial charge in [0.25, 0.3) is 0 Å². The number of nitrogens with zero attached hydrogens (tertiary/aromatic N) is 1. The van der Waals surface area contributed by atoms with E-state index in [1.165, 1.54) is 0 Å². The molecule has 1 aliphatic heterocycles. The number of carbonyl (C=O) groups is 2. The molecule has 3 N–H and O–H groups in total. The minimum absolute atomic E-state index is 0. The summed E-state index contributed by atoms with van der Waals surface area (Å²) in [7, 11) is 1.63. The molecular weight excluding hydrogens is 378 g/mol. The summed E-state index contributed by atoms with van der Waals surface area (Å²) in [6, 6.07) is 7.46. The Kier molecular flexibility index (Phi) is 8.13. The normalized spacial score (nSPS) is 22.5. The Bertz CT molecular complexity index is 663. The van der Waals surface area contributed by atoms with Gasteiger partial charge in [0.2, 0.25) is 11.8 Å². The number of rotatable bonds is 9. The van der Waals surface area contributed by atoms with Crippen molar-refractivity contribution >= 4 is 24.2 Å². The third-order valence-electron chi connectivity index (χ3n) is 5.72. The van der Waals surface area contributed by atoms with Gasteiger partial charge in [-0.15, -0.1) is 12.4 Å². The SMILES string of the molecule is CCCCN1C(=O)CC(C(=O)NCC(N)C2CC2)C1c1ccc(OC)cc1.Cl. The number of benzene rings is 1. The molecule has 0 bridgehead atoms. The maximum Gasteiger partial charge on any atom is 0.226 e. The van der Waals surface area contributed by atoms with Crippen LogP contribution in [0, 0.1) is 11.8 Å². The first-order valence-electron chi connectivity index (χ1n) is 10.0. The number of methoxy groups -OCH3 is 1. The molecule has 6 nitrogen and oxygen atoms in total. The molecule has 2 fully saturated rings. The van der Waals surface area contributed by atoms with Gasteiger partial charge in [-0.2, -0.15) is 0 Å². The number of hydrogen-bond donors (Lipinski definition) is 2. The number of amides is 2. The summed E-state index contributed by atoms with van der Waals surface area (Å²) >= 11 is 0. The van der Waals surface area contributed by atoms with Crippen molar-refractivity contribution in [2.45, 2.75) is 51.1 Å². The van der Waals surface area contributed by atoms with Gasteiger partial charge >= 0.3 is 0 Å². The Hall–Kier alpha value is -1.79. The van der Waals surface area contributed by atoms with Crippen LogP contribution in [0.3, 0.4) is 0 Å². The number of ether oxygens (including phenoxy) is 1. The van der Waals surface area contributed by atoms with Crippen LogP contribution < -0.4 is 15.8 Å². The number of halogens is 1. The van der Waals surface area contributed by atoms with E-state index in [2.05, 4.69) is 12.2 Å². The fourth-order valence-electron chi connectivity index (χ4n) is 3.87. The monoisotopic (exact) mass is 409 g/mol. The van der Waals surface area contributed by atoms with Gasteiger partial charge in [0.1, 0.15) is 5.75 Å². The van der Waals surface area contributed by atoms with Crippen LogP contribution in [-0.4, -0.2) is 43.0 Å². The topological polar surface area (TPSA) is 84.7 Å². The molecule has 3 atom stereocenters. The van der Waals surface area contributed by atoms with Crippen molar-refractivity contribution in [1.82, 2.24) is 10.2 Å². The highest BCUT2D eigenvalue weighted by molar-refractivity contribution is 5.90. The van der Waals surface area contributed by atoms with Crippen LogP contribution in [0.1, 0.15) is 50.6 Å². The standard InChI is InChI=1S/C21H31N3O3.ClH/c1-3-4-11-24-19(25)12-17(21(26)23-13-18(22)14-5-6-14)20(24)15-7-9-16(27-2)10-8-15;/h7-10,14,17-18,20H,3-6,11-13,22H2,1-2H3,(H,23,26);1H. The molecule has 7 heteroatoms. The summed E-state index contributed by atoms with van der Waals surface area (Å²) in [5.74, 6) is 0.901. The Morgan fingerprint density at radius 1 is 1.32 bits per heavy atom. The first kappa shape index (κ1) is 22.5. The van der Waals surface area contributed by atoms with Crippen LogP contribution in [-0.2, 0) is 9.59 Å². The lowest BCUT2D eigenvalue weighted by Crippen LogP contribution is -2.42. The fraction of sp³-hybridized carbons (Fsp3) is 0.619. The lowest BCUT2D eigenvalue weighted by molar-refractivity contribution is -0.129. The van der Waals surface area contributed by atoms with E-state index in [1.54, 1.807) is 7.11 Å². The van der Waals surface area contributed by atoms with Crippen molar-refractivity contribution < 1.29 is 14.3 Å². The van der Waals surface area contributed by atoms with Crippen molar-refractivity contribution in [3.05, 3.63) is 29.8 Å². The predicted molar refractivity (Wildman–Crippen MR) is 111 cm³/mol. The molecule has 3 unspecified atom stereocenters. The van der Waals surface area contributed by atoms with Crippen molar-refractivity contribution in [3.8, 4) is 5.75 Å². The third-order valence-corrected chi connectivity index (χ3v) is 5.72. The summed E-state index contributed by atoms with van der Waals surface area (Å²) in [6.07, 6.45) is 4.49. The quantitative estimate of drug-likeness (QED) is 0.656. The van der Waals surface area contributed by atoms with Crippen LogP contribution in [0.5, 0.6) is 5.75 Å². The molecule has 28 heavy (non-hydrogen) atoms. The molecule has 1 aromatic rings. The van der Waals surface area contributed by atoms with Gasteiger partial charge in [0, 0.05) is 25.6 Å². The summed E-state index contributed by atoms with van der Waals surface area (Å²) in [4.78, 5) is 27.4. The number of unbranched alkanes of at least 4 members (excludes halogenated alkanes) is 1. The molecule has 2 amide bonds. The summed E-state index contributed by atoms with van der Waals surface area (Å²) in [5.41, 5.74) is 7.09. The lowest BCUT2D eigenvalue weighted by Gasteiger charge is -2.28. The number of hydrogen-bond acceptors (Lipinski definition) is 4. The van der Waals surface area contributed by atoms with E-state index in [0.29, 0.717) is 19.0 Å². The van der Waals surface area contributed by atoms with E-state index in [4.69, 9.17) is 10.5 Å². The van der Waals surface area contributed by atoms with Gasteiger partial charge in [0.15, 0.2) is 0 Å². The fourth-order valence-corrected chi connectivity index (χ4v) is 3.87. The van der Waals surface area contributed by atoms with E-state index in [1.807, 2.05) is 29.2 Å². The number of nitrogens with two attached hydrogens (primary N) is 1. The van der Waals surface area contributed by atoms with Crippen molar-refractivity contribution in [2.24, 2.45) is 17.6 Å². The Morgan fingerprint density at radius 2 is 2.00 bits per heavy atom. The molecule has 2 aliphatic rings. The van der Waals surface area contributed by atoms with Crippen LogP contribution in [0.15, 0.2) is 24.3 Å². The Morgan fingerprint density at radius 3 is 2.57 bits per heavy atom. The molecule has 0 spiro atoms. The highest BCUT2D eigenvalue weighted by atomic mass is 35.5. The number of likely N-dealkylation sites (tertiary alicyclic amines) is 1. The zero-order valence-electron chi connectivity index (χ0n) is 16.7. The average Bonchev–Trinajstić information content (AvgIpc) is 3.48. The molecule has 1 aromatic carbocycles. The molecule has 156 valence electrons. The zero-order chi connectivity index (χ0) is 19.4. The highest BCUT2D eigenvalue weighted by Crippen LogP contribution is 2.39. The summed E-state index contributed by atoms with van der Waals surface area (Å²) in [5, 5.41) is 3.00. The van der Waals surface area contributed by atoms with Gasteiger partial charge < -0.3 is 20.7 Å². The average molecular weight is 410 g/mol. The van der Waals surface area contributed by atoms with E-state index in [-0.39, 0.29) is 48.6 Å². The third kappa shape index (κ3) is 5.17. The Balaban J connectivity index is 0.00000280. The second-order valence-corrected chi connectivity index (χ2v) is 7.72. The second-order valence-electron chi connectivity index (χ2n) is 7.72. The highest BCUT2D eigenvalue weighted by Gasteiger charge is 2.44. The van der Waals surface area contributed by atoms with Gasteiger partial charge in [-0.05, 0) is 42.9 Å². The minimum Gasteiger partial charge on any atom is -0.497 e. The minimum atomic E-state index is -0.380. The lowest BCUT2D eigenvalue weighted by atomic mass is 9.92. The Labute approximate surface area is 173 Å². The van der Waals surface area contributed by atoms with E-state index < -0.39 is 0 Å². The molecule has 1 saturated carbocycles. The maximum atomic E-state index is 12.9. The smallest absolute Gasteiger partial charge is 0.226 e. The molecule has 1 heterocycles. The number of carbonyl (C=O) groups excluding carboxylic acids is 2. The van der Waals surface area contributed by atoms with Gasteiger partial charge in [-0.25, -0.2) is 0 Å². The van der Waals surface area contributed by atoms with Gasteiger partial charge in [-0.3, -0.25) is 9.59 Å². The zero-order valence-corrected chi connectivity index (χ0v) is 17.5. The largest absolute Gasteiger partial charge is 0.497 e. The number of nitrogens with one attached hydrogen (secondary N) is 1. The second kappa shape index (κ2) is 10.1. The molecule has 1 saturated heterocycles. The molecule has 0 aromatic heterocycles. The molecule has 0 radical (unpaired) electrons. The summed E-state index contributed by atoms with van der Waals surface area (Å²) < 4.78 is 5.24. The molecule has 3 rings (SSSR count). The van der Waals surface area contributed by atoms with Crippen molar-refractivity contribution in [1.29, 1.82) is 0 Å². The van der Waals surface area contributed by atoms with Crippen molar-refractivity contribution in [2.75, 3.05) is 20.2 Å². The van der Waals surface area contributed by atoms with Gasteiger partial charge in [-0.1, -0.05) is 25.5 Å². The maximum absolute atomic E-state index is 12.9. The molecular formula is C21H32ClN3O3. The predicted octanol–water partition coefficient (Wildman–Crippen LogP) is 2.66. The summed E-state index contributed by atoms with van der Waals surface area (Å²) in [6.45, 7) is 3.27. The van der Waals surface area contributed by atoms with Crippen LogP contribution in [0.4, 0.5) is 0 Å². The first-order chi connectivity index (χ1) is 13.0. The van der Waals surface area contributed by atoms with Crippen LogP contribution >= 0.6 is 12.4 Å². The van der Waals surface area contributed by atoms with Crippen molar-refractivity contribution in [3.63, 3.8) is 0 Å². The van der Waals surface area contributed by atoms with Gasteiger partial charge in [0.05, 0.1) is 19.1 Å².